The van der Waals surface area contributed by atoms with Crippen LogP contribution in [0.3, 0.4) is 0 Å². The summed E-state index contributed by atoms with van der Waals surface area (Å²) in [5, 5.41) is 4.30. The van der Waals surface area contributed by atoms with E-state index in [2.05, 4.69) is 16.8 Å². The van der Waals surface area contributed by atoms with Crippen LogP contribution < -0.4 is 0 Å². The fraction of sp³-hybridized carbons (Fsp3) is 0.450. The highest BCUT2D eigenvalue weighted by atomic mass is 32.2. The molecule has 5 nitrogen and oxygen atoms in total. The topological polar surface area (TPSA) is 57.7 Å². The maximum absolute atomic E-state index is 12.8. The first-order valence-electron chi connectivity index (χ1n) is 9.47. The van der Waals surface area contributed by atoms with E-state index in [1.807, 2.05) is 4.90 Å². The van der Waals surface area contributed by atoms with E-state index in [4.69, 9.17) is 0 Å². The Labute approximate surface area is 164 Å². The molecule has 0 spiro atoms. The number of amides is 1. The highest BCUT2D eigenvalue weighted by Gasteiger charge is 2.28. The van der Waals surface area contributed by atoms with E-state index in [0.29, 0.717) is 24.6 Å². The van der Waals surface area contributed by atoms with Crippen molar-refractivity contribution in [3.8, 4) is 0 Å². The Balaban J connectivity index is 1.41. The molecule has 0 radical (unpaired) electrons. The summed E-state index contributed by atoms with van der Waals surface area (Å²) in [6.45, 7) is 2.66. The lowest BCUT2D eigenvalue weighted by Crippen LogP contribution is -2.37. The van der Waals surface area contributed by atoms with Gasteiger partial charge >= 0.3 is 0 Å². The van der Waals surface area contributed by atoms with Gasteiger partial charge in [-0.15, -0.1) is 0 Å². The first kappa shape index (κ1) is 18.7. The SMILES string of the molecule is O=C(c1ccc(S(=O)(=O)N2CCCC2)cc1)N1CCC(c2ccsc2)CC1. The molecule has 1 aromatic carbocycles. The molecule has 3 heterocycles. The molecule has 0 N–H and O–H groups in total. The lowest BCUT2D eigenvalue weighted by atomic mass is 9.91. The molecule has 2 aromatic rings. The van der Waals surface area contributed by atoms with Gasteiger partial charge in [0.1, 0.15) is 0 Å². The van der Waals surface area contributed by atoms with Gasteiger partial charge in [0, 0.05) is 31.7 Å². The second-order valence-corrected chi connectivity index (χ2v) is 9.98. The molecule has 1 amide bonds. The van der Waals surface area contributed by atoms with Crippen LogP contribution in [-0.2, 0) is 10.0 Å². The average Bonchev–Trinajstić information content (AvgIpc) is 3.42. The normalized spacial score (nSPS) is 19.5. The van der Waals surface area contributed by atoms with Crippen LogP contribution in [0, 0.1) is 0 Å². The fourth-order valence-corrected chi connectivity index (χ4v) is 6.21. The highest BCUT2D eigenvalue weighted by Crippen LogP contribution is 2.30. The summed E-state index contributed by atoms with van der Waals surface area (Å²) in [5.74, 6) is 0.525. The maximum atomic E-state index is 12.8. The van der Waals surface area contributed by atoms with Gasteiger partial charge in [0.05, 0.1) is 4.90 Å². The molecule has 1 aromatic heterocycles. The van der Waals surface area contributed by atoms with Crippen LogP contribution in [0.4, 0.5) is 0 Å². The molecule has 0 atom stereocenters. The minimum atomic E-state index is -3.43. The van der Waals surface area contributed by atoms with Gasteiger partial charge in [0.2, 0.25) is 10.0 Å². The number of nitrogens with zero attached hydrogens (tertiary/aromatic N) is 2. The van der Waals surface area contributed by atoms with Crippen LogP contribution in [-0.4, -0.2) is 49.7 Å². The smallest absolute Gasteiger partial charge is 0.253 e. The monoisotopic (exact) mass is 404 g/mol. The molecule has 0 aliphatic carbocycles. The van der Waals surface area contributed by atoms with Crippen molar-refractivity contribution >= 4 is 27.3 Å². The van der Waals surface area contributed by atoms with Gasteiger partial charge < -0.3 is 4.90 Å². The van der Waals surface area contributed by atoms with Gasteiger partial charge in [-0.2, -0.15) is 15.6 Å². The van der Waals surface area contributed by atoms with Crippen LogP contribution >= 0.6 is 11.3 Å². The van der Waals surface area contributed by atoms with Crippen LogP contribution in [0.25, 0.3) is 0 Å². The van der Waals surface area contributed by atoms with E-state index in [1.165, 1.54) is 9.87 Å². The number of piperidine rings is 1. The molecule has 27 heavy (non-hydrogen) atoms. The fourth-order valence-electron chi connectivity index (χ4n) is 3.95. The number of sulfonamides is 1. The first-order valence-corrected chi connectivity index (χ1v) is 11.9. The molecule has 2 saturated heterocycles. The number of hydrogen-bond acceptors (Lipinski definition) is 4. The molecular formula is C20H24N2O3S2. The minimum Gasteiger partial charge on any atom is -0.339 e. The van der Waals surface area contributed by atoms with Gasteiger partial charge in [-0.1, -0.05) is 0 Å². The van der Waals surface area contributed by atoms with Crippen molar-refractivity contribution in [1.29, 1.82) is 0 Å². The summed E-state index contributed by atoms with van der Waals surface area (Å²) < 4.78 is 26.7. The van der Waals surface area contributed by atoms with Crippen molar-refractivity contribution in [2.24, 2.45) is 0 Å². The Morgan fingerprint density at radius 2 is 1.63 bits per heavy atom. The largest absolute Gasteiger partial charge is 0.339 e. The quantitative estimate of drug-likeness (QED) is 0.783. The van der Waals surface area contributed by atoms with Gasteiger partial charge in [-0.05, 0) is 78.3 Å². The Morgan fingerprint density at radius 3 is 2.22 bits per heavy atom. The third-order valence-corrected chi connectivity index (χ3v) is 8.22. The van der Waals surface area contributed by atoms with Crippen molar-refractivity contribution in [3.63, 3.8) is 0 Å². The maximum Gasteiger partial charge on any atom is 0.253 e. The number of likely N-dealkylation sites (tertiary alicyclic amines) is 1. The van der Waals surface area contributed by atoms with Crippen LogP contribution in [0.1, 0.15) is 47.5 Å². The Kier molecular flexibility index (Phi) is 5.34. The number of carbonyl (C=O) groups is 1. The van der Waals surface area contributed by atoms with E-state index < -0.39 is 10.0 Å². The Bertz CT molecular complexity index is 878. The Hall–Kier alpha value is -1.70. The predicted octanol–water partition coefficient (Wildman–Crippen LogP) is 3.55. The van der Waals surface area contributed by atoms with E-state index in [0.717, 1.165) is 38.8 Å². The van der Waals surface area contributed by atoms with E-state index in [1.54, 1.807) is 35.6 Å². The average molecular weight is 405 g/mol. The molecule has 144 valence electrons. The lowest BCUT2D eigenvalue weighted by molar-refractivity contribution is 0.0713. The zero-order valence-corrected chi connectivity index (χ0v) is 16.8. The van der Waals surface area contributed by atoms with Gasteiger partial charge in [0.25, 0.3) is 5.91 Å². The second-order valence-electron chi connectivity index (χ2n) is 7.26. The standard InChI is InChI=1S/C20H24N2O3S2/c23-20(21-12-7-16(8-13-21)18-9-14-26-15-18)17-3-5-19(6-4-17)27(24,25)22-10-1-2-11-22/h3-6,9,14-16H,1-2,7-8,10-13H2. The van der Waals surface area contributed by atoms with Crippen molar-refractivity contribution in [2.45, 2.75) is 36.5 Å². The summed E-state index contributed by atoms with van der Waals surface area (Å²) in [4.78, 5) is 14.9. The summed E-state index contributed by atoms with van der Waals surface area (Å²) >= 11 is 1.72. The van der Waals surface area contributed by atoms with E-state index >= 15 is 0 Å². The van der Waals surface area contributed by atoms with Crippen LogP contribution in [0.2, 0.25) is 0 Å². The number of thiophene rings is 1. The molecule has 2 aliphatic heterocycles. The first-order chi connectivity index (χ1) is 13.1. The molecule has 4 rings (SSSR count). The highest BCUT2D eigenvalue weighted by molar-refractivity contribution is 7.89. The molecular weight excluding hydrogens is 380 g/mol. The van der Waals surface area contributed by atoms with Crippen molar-refractivity contribution < 1.29 is 13.2 Å². The molecule has 2 fully saturated rings. The predicted molar refractivity (Wildman–Crippen MR) is 107 cm³/mol. The van der Waals surface area contributed by atoms with E-state index in [9.17, 15) is 13.2 Å². The second kappa shape index (κ2) is 7.73. The zero-order valence-electron chi connectivity index (χ0n) is 15.2. The summed E-state index contributed by atoms with van der Waals surface area (Å²) in [6.07, 6.45) is 3.78. The third kappa shape index (κ3) is 3.81. The van der Waals surface area contributed by atoms with E-state index in [-0.39, 0.29) is 10.8 Å². The molecule has 7 heteroatoms. The van der Waals surface area contributed by atoms with Crippen LogP contribution in [0.5, 0.6) is 0 Å². The van der Waals surface area contributed by atoms with Gasteiger partial charge in [-0.25, -0.2) is 8.42 Å². The summed E-state index contributed by atoms with van der Waals surface area (Å²) in [5.41, 5.74) is 1.94. The summed E-state index contributed by atoms with van der Waals surface area (Å²) in [7, 11) is -3.43. The van der Waals surface area contributed by atoms with Crippen LogP contribution in [0.15, 0.2) is 46.0 Å². The number of carbonyl (C=O) groups excluding carboxylic acids is 1. The van der Waals surface area contributed by atoms with Gasteiger partial charge in [-0.3, -0.25) is 4.79 Å². The number of hydrogen-bond donors (Lipinski definition) is 0. The zero-order chi connectivity index (χ0) is 18.9. The molecule has 0 saturated carbocycles. The molecule has 0 unspecified atom stereocenters. The van der Waals surface area contributed by atoms with Gasteiger partial charge in [0.15, 0.2) is 0 Å². The molecule has 0 bridgehead atoms. The minimum absolute atomic E-state index is 0.0103. The van der Waals surface area contributed by atoms with Crippen molar-refractivity contribution in [1.82, 2.24) is 9.21 Å². The lowest BCUT2D eigenvalue weighted by Gasteiger charge is -2.32. The summed E-state index contributed by atoms with van der Waals surface area (Å²) in [6, 6.07) is 8.61. The van der Waals surface area contributed by atoms with Crippen molar-refractivity contribution in [2.75, 3.05) is 26.2 Å². The third-order valence-electron chi connectivity index (χ3n) is 5.60. The number of rotatable bonds is 4. The van der Waals surface area contributed by atoms with Crippen molar-refractivity contribution in [3.05, 3.63) is 52.2 Å². The molecule has 2 aliphatic rings. The Morgan fingerprint density at radius 1 is 0.963 bits per heavy atom. The number of benzene rings is 1.